The third kappa shape index (κ3) is 3.28. The summed E-state index contributed by atoms with van der Waals surface area (Å²) < 4.78 is 38.9. The van der Waals surface area contributed by atoms with Gasteiger partial charge in [0, 0.05) is 31.7 Å². The molecule has 0 spiro atoms. The van der Waals surface area contributed by atoms with Gasteiger partial charge in [-0.15, -0.1) is 0 Å². The van der Waals surface area contributed by atoms with Gasteiger partial charge in [0.1, 0.15) is 0 Å². The normalized spacial score (nSPS) is 20.5. The number of alkyl halides is 3. The molecule has 0 atom stereocenters. The fourth-order valence-electron chi connectivity index (χ4n) is 2.46. The Kier molecular flexibility index (Phi) is 3.87. The molecule has 1 aromatic rings. The van der Waals surface area contributed by atoms with Gasteiger partial charge in [0.25, 0.3) is 0 Å². The Balaban J connectivity index is 2.24. The fourth-order valence-corrected chi connectivity index (χ4v) is 2.46. The van der Waals surface area contributed by atoms with E-state index in [9.17, 15) is 13.2 Å². The Morgan fingerprint density at radius 2 is 1.95 bits per heavy atom. The zero-order valence-electron chi connectivity index (χ0n) is 11.2. The molecule has 1 aromatic carbocycles. The molecule has 5 heteroatoms. The molecule has 0 saturated carbocycles. The third-order valence-corrected chi connectivity index (χ3v) is 3.66. The van der Waals surface area contributed by atoms with Crippen LogP contribution in [0.3, 0.4) is 0 Å². The van der Waals surface area contributed by atoms with Crippen molar-refractivity contribution in [2.24, 2.45) is 0 Å². The van der Waals surface area contributed by atoms with Gasteiger partial charge in [-0.2, -0.15) is 13.2 Å². The number of benzene rings is 1. The van der Waals surface area contributed by atoms with E-state index >= 15 is 0 Å². The maximum absolute atomic E-state index is 13.0. The molecule has 0 aliphatic carbocycles. The van der Waals surface area contributed by atoms with E-state index in [4.69, 9.17) is 0 Å². The van der Waals surface area contributed by atoms with Gasteiger partial charge < -0.3 is 5.32 Å². The quantitative estimate of drug-likeness (QED) is 0.890. The van der Waals surface area contributed by atoms with E-state index in [1.807, 2.05) is 0 Å². The molecular formula is C14H19F3N2. The summed E-state index contributed by atoms with van der Waals surface area (Å²) in [7, 11) is 0. The van der Waals surface area contributed by atoms with E-state index in [0.717, 1.165) is 25.7 Å². The molecule has 106 valence electrons. The number of halogens is 3. The van der Waals surface area contributed by atoms with E-state index < -0.39 is 11.7 Å². The maximum Gasteiger partial charge on any atom is 0.416 e. The van der Waals surface area contributed by atoms with Crippen molar-refractivity contribution in [3.8, 4) is 0 Å². The van der Waals surface area contributed by atoms with Gasteiger partial charge in [-0.3, -0.25) is 4.90 Å². The van der Waals surface area contributed by atoms with E-state index in [0.29, 0.717) is 12.1 Å². The molecule has 1 fully saturated rings. The van der Waals surface area contributed by atoms with E-state index in [-0.39, 0.29) is 5.54 Å². The zero-order valence-corrected chi connectivity index (χ0v) is 11.2. The van der Waals surface area contributed by atoms with Crippen LogP contribution in [0.25, 0.3) is 0 Å². The van der Waals surface area contributed by atoms with E-state index in [2.05, 4.69) is 24.1 Å². The van der Waals surface area contributed by atoms with Crippen LogP contribution in [0.5, 0.6) is 0 Å². The van der Waals surface area contributed by atoms with E-state index in [1.54, 1.807) is 12.1 Å². The second-order valence-corrected chi connectivity index (χ2v) is 5.57. The first kappa shape index (κ1) is 14.3. The SMILES string of the molecule is CC1(C)CNCCN1Cc1ccccc1C(F)(F)F. The number of rotatable bonds is 2. The smallest absolute Gasteiger partial charge is 0.314 e. The molecule has 2 rings (SSSR count). The van der Waals surface area contributed by atoms with Gasteiger partial charge in [-0.05, 0) is 25.5 Å². The summed E-state index contributed by atoms with van der Waals surface area (Å²) in [4.78, 5) is 2.11. The minimum Gasteiger partial charge on any atom is -0.314 e. The molecular weight excluding hydrogens is 253 g/mol. The lowest BCUT2D eigenvalue weighted by molar-refractivity contribution is -0.138. The van der Waals surface area contributed by atoms with Crippen LogP contribution in [0.4, 0.5) is 13.2 Å². The summed E-state index contributed by atoms with van der Waals surface area (Å²) >= 11 is 0. The lowest BCUT2D eigenvalue weighted by Crippen LogP contribution is -2.57. The Labute approximate surface area is 111 Å². The molecule has 0 radical (unpaired) electrons. The first-order valence-corrected chi connectivity index (χ1v) is 6.41. The van der Waals surface area contributed by atoms with Crippen LogP contribution in [-0.2, 0) is 12.7 Å². The molecule has 1 heterocycles. The van der Waals surface area contributed by atoms with Crippen LogP contribution in [0, 0.1) is 0 Å². The van der Waals surface area contributed by atoms with Gasteiger partial charge >= 0.3 is 6.18 Å². The molecule has 1 saturated heterocycles. The highest BCUT2D eigenvalue weighted by Gasteiger charge is 2.35. The predicted octanol–water partition coefficient (Wildman–Crippen LogP) is 2.89. The summed E-state index contributed by atoms with van der Waals surface area (Å²) in [5, 5.41) is 3.27. The lowest BCUT2D eigenvalue weighted by atomic mass is 9.98. The highest BCUT2D eigenvalue weighted by molar-refractivity contribution is 5.29. The van der Waals surface area contributed by atoms with Crippen LogP contribution in [-0.4, -0.2) is 30.1 Å². The average Bonchev–Trinajstić information content (AvgIpc) is 2.31. The Hall–Kier alpha value is -1.07. The van der Waals surface area contributed by atoms with Gasteiger partial charge in [-0.25, -0.2) is 0 Å². The van der Waals surface area contributed by atoms with Crippen LogP contribution in [0.15, 0.2) is 24.3 Å². The predicted molar refractivity (Wildman–Crippen MR) is 68.8 cm³/mol. The molecule has 0 aromatic heterocycles. The largest absolute Gasteiger partial charge is 0.416 e. The Morgan fingerprint density at radius 3 is 2.58 bits per heavy atom. The van der Waals surface area contributed by atoms with Crippen molar-refractivity contribution < 1.29 is 13.2 Å². The number of piperazine rings is 1. The number of hydrogen-bond acceptors (Lipinski definition) is 2. The van der Waals surface area contributed by atoms with Crippen LogP contribution in [0.1, 0.15) is 25.0 Å². The number of nitrogens with one attached hydrogen (secondary N) is 1. The van der Waals surface area contributed by atoms with Crippen molar-refractivity contribution in [1.82, 2.24) is 10.2 Å². The molecule has 1 N–H and O–H groups in total. The van der Waals surface area contributed by atoms with Crippen molar-refractivity contribution >= 4 is 0 Å². The topological polar surface area (TPSA) is 15.3 Å². The minimum absolute atomic E-state index is 0.128. The summed E-state index contributed by atoms with van der Waals surface area (Å²) in [6.07, 6.45) is -4.28. The molecule has 1 aliphatic heterocycles. The second kappa shape index (κ2) is 5.13. The molecule has 0 unspecified atom stereocenters. The molecule has 19 heavy (non-hydrogen) atoms. The molecule has 1 aliphatic rings. The van der Waals surface area contributed by atoms with Gasteiger partial charge in [-0.1, -0.05) is 18.2 Å². The van der Waals surface area contributed by atoms with E-state index in [1.165, 1.54) is 6.07 Å². The maximum atomic E-state index is 13.0. The third-order valence-electron chi connectivity index (χ3n) is 3.66. The van der Waals surface area contributed by atoms with Gasteiger partial charge in [0.15, 0.2) is 0 Å². The summed E-state index contributed by atoms with van der Waals surface area (Å²) in [6, 6.07) is 5.83. The summed E-state index contributed by atoms with van der Waals surface area (Å²) in [6.45, 7) is 6.81. The first-order chi connectivity index (χ1) is 8.81. The Morgan fingerprint density at radius 1 is 1.26 bits per heavy atom. The number of hydrogen-bond donors (Lipinski definition) is 1. The highest BCUT2D eigenvalue weighted by atomic mass is 19.4. The summed E-state index contributed by atoms with van der Waals surface area (Å²) in [5.41, 5.74) is -0.300. The first-order valence-electron chi connectivity index (χ1n) is 6.41. The van der Waals surface area contributed by atoms with Crippen LogP contribution >= 0.6 is 0 Å². The highest BCUT2D eigenvalue weighted by Crippen LogP contribution is 2.33. The van der Waals surface area contributed by atoms with Crippen molar-refractivity contribution in [3.05, 3.63) is 35.4 Å². The monoisotopic (exact) mass is 272 g/mol. The summed E-state index contributed by atoms with van der Waals surface area (Å²) in [5.74, 6) is 0. The Bertz CT molecular complexity index is 441. The zero-order chi connectivity index (χ0) is 14.1. The van der Waals surface area contributed by atoms with Crippen LogP contribution < -0.4 is 5.32 Å². The van der Waals surface area contributed by atoms with Crippen molar-refractivity contribution in [2.75, 3.05) is 19.6 Å². The van der Waals surface area contributed by atoms with Crippen LogP contribution in [0.2, 0.25) is 0 Å². The second-order valence-electron chi connectivity index (χ2n) is 5.57. The fraction of sp³-hybridized carbons (Fsp3) is 0.571. The standard InChI is InChI=1S/C14H19F3N2/c1-13(2)10-18-7-8-19(13)9-11-5-3-4-6-12(11)14(15,16)17/h3-6,18H,7-10H2,1-2H3. The molecule has 0 bridgehead atoms. The van der Waals surface area contributed by atoms with Crippen molar-refractivity contribution in [2.45, 2.75) is 32.1 Å². The minimum atomic E-state index is -4.28. The molecule has 0 amide bonds. The molecule has 2 nitrogen and oxygen atoms in total. The van der Waals surface area contributed by atoms with Crippen molar-refractivity contribution in [3.63, 3.8) is 0 Å². The average molecular weight is 272 g/mol. The van der Waals surface area contributed by atoms with Gasteiger partial charge in [0.2, 0.25) is 0 Å². The lowest BCUT2D eigenvalue weighted by Gasteiger charge is -2.43. The number of nitrogens with zero attached hydrogens (tertiary/aromatic N) is 1. The van der Waals surface area contributed by atoms with Gasteiger partial charge in [0.05, 0.1) is 5.56 Å². The van der Waals surface area contributed by atoms with Crippen molar-refractivity contribution in [1.29, 1.82) is 0 Å².